The van der Waals surface area contributed by atoms with Gasteiger partial charge in [-0.25, -0.2) is 4.98 Å². The molecule has 1 aliphatic rings. The van der Waals surface area contributed by atoms with E-state index in [0.29, 0.717) is 5.02 Å². The molecule has 5 heteroatoms. The van der Waals surface area contributed by atoms with Crippen LogP contribution in [0.15, 0.2) is 42.7 Å². The number of aryl methyl sites for hydroxylation is 2. The standard InChI is InChI=1S/C19H17ClN2O2/c1-23-16-9-12-7-8-22-11-21-18(13-5-3-4-6-15(13)20)19(22)14(12)10-17(16)24-2/h3-6,9-11H,7-8H2,1-2H3. The minimum Gasteiger partial charge on any atom is -0.493 e. The zero-order valence-electron chi connectivity index (χ0n) is 13.5. The Hall–Kier alpha value is -2.46. The summed E-state index contributed by atoms with van der Waals surface area (Å²) in [7, 11) is 3.31. The van der Waals surface area contributed by atoms with Crippen LogP contribution in [0.3, 0.4) is 0 Å². The number of halogens is 1. The highest BCUT2D eigenvalue weighted by Gasteiger charge is 2.24. The predicted octanol–water partition coefficient (Wildman–Crippen LogP) is 4.44. The average molecular weight is 341 g/mol. The molecule has 1 aliphatic heterocycles. The first-order valence-electron chi connectivity index (χ1n) is 7.78. The van der Waals surface area contributed by atoms with E-state index < -0.39 is 0 Å². The molecule has 0 atom stereocenters. The van der Waals surface area contributed by atoms with E-state index in [2.05, 4.69) is 15.6 Å². The lowest BCUT2D eigenvalue weighted by Gasteiger charge is -2.22. The smallest absolute Gasteiger partial charge is 0.161 e. The van der Waals surface area contributed by atoms with Gasteiger partial charge in [0, 0.05) is 17.7 Å². The van der Waals surface area contributed by atoms with Crippen molar-refractivity contribution in [1.82, 2.24) is 9.55 Å². The third-order valence-electron chi connectivity index (χ3n) is 4.45. The number of aromatic nitrogens is 2. The number of imidazole rings is 1. The van der Waals surface area contributed by atoms with Gasteiger partial charge in [0.1, 0.15) is 0 Å². The summed E-state index contributed by atoms with van der Waals surface area (Å²) < 4.78 is 13.1. The Bertz CT molecular complexity index is 918. The Kier molecular flexibility index (Phi) is 3.69. The third kappa shape index (κ3) is 2.26. The molecule has 0 fully saturated rings. The maximum atomic E-state index is 6.40. The molecule has 2 aromatic carbocycles. The summed E-state index contributed by atoms with van der Waals surface area (Å²) in [6, 6.07) is 11.9. The van der Waals surface area contributed by atoms with Crippen molar-refractivity contribution in [2.24, 2.45) is 0 Å². The highest BCUT2D eigenvalue weighted by atomic mass is 35.5. The molecule has 2 heterocycles. The minimum absolute atomic E-state index is 0.701. The molecule has 0 aliphatic carbocycles. The fourth-order valence-electron chi connectivity index (χ4n) is 3.27. The van der Waals surface area contributed by atoms with Crippen molar-refractivity contribution in [3.8, 4) is 34.0 Å². The maximum Gasteiger partial charge on any atom is 0.161 e. The lowest BCUT2D eigenvalue weighted by molar-refractivity contribution is 0.354. The lowest BCUT2D eigenvalue weighted by Crippen LogP contribution is -2.11. The van der Waals surface area contributed by atoms with E-state index in [0.717, 1.165) is 47.0 Å². The van der Waals surface area contributed by atoms with E-state index in [9.17, 15) is 0 Å². The van der Waals surface area contributed by atoms with Gasteiger partial charge in [0.15, 0.2) is 11.5 Å². The molecule has 0 saturated heterocycles. The van der Waals surface area contributed by atoms with Crippen LogP contribution in [0.1, 0.15) is 5.56 Å². The van der Waals surface area contributed by atoms with Gasteiger partial charge in [-0.2, -0.15) is 0 Å². The van der Waals surface area contributed by atoms with Gasteiger partial charge in [0.05, 0.1) is 37.0 Å². The topological polar surface area (TPSA) is 36.3 Å². The fourth-order valence-corrected chi connectivity index (χ4v) is 3.50. The van der Waals surface area contributed by atoms with Crippen LogP contribution in [0, 0.1) is 0 Å². The van der Waals surface area contributed by atoms with E-state index in [-0.39, 0.29) is 0 Å². The predicted molar refractivity (Wildman–Crippen MR) is 94.9 cm³/mol. The summed E-state index contributed by atoms with van der Waals surface area (Å²) in [5.74, 6) is 1.47. The number of nitrogens with zero attached hydrogens (tertiary/aromatic N) is 2. The second-order valence-electron chi connectivity index (χ2n) is 5.73. The van der Waals surface area contributed by atoms with E-state index in [1.165, 1.54) is 5.56 Å². The molecule has 0 unspecified atom stereocenters. The molecule has 4 rings (SSSR count). The highest BCUT2D eigenvalue weighted by molar-refractivity contribution is 6.33. The Morgan fingerprint density at radius 2 is 1.79 bits per heavy atom. The first kappa shape index (κ1) is 15.1. The molecule has 122 valence electrons. The number of ether oxygens (including phenoxy) is 2. The number of methoxy groups -OCH3 is 2. The molecule has 0 saturated carbocycles. The molecule has 0 radical (unpaired) electrons. The summed E-state index contributed by atoms with van der Waals surface area (Å²) in [4.78, 5) is 4.63. The highest BCUT2D eigenvalue weighted by Crippen LogP contribution is 2.43. The second-order valence-corrected chi connectivity index (χ2v) is 6.14. The first-order valence-corrected chi connectivity index (χ1v) is 8.16. The maximum absolute atomic E-state index is 6.40. The Balaban J connectivity index is 1.95. The van der Waals surface area contributed by atoms with Crippen molar-refractivity contribution in [2.75, 3.05) is 14.2 Å². The van der Waals surface area contributed by atoms with Crippen LogP contribution in [0.25, 0.3) is 22.5 Å². The van der Waals surface area contributed by atoms with Gasteiger partial charge in [-0.1, -0.05) is 29.8 Å². The summed E-state index contributed by atoms with van der Waals surface area (Å²) in [6.07, 6.45) is 2.81. The normalized spacial score (nSPS) is 12.5. The van der Waals surface area contributed by atoms with Gasteiger partial charge < -0.3 is 14.0 Å². The van der Waals surface area contributed by atoms with Crippen LogP contribution in [-0.4, -0.2) is 23.8 Å². The average Bonchev–Trinajstić information content (AvgIpc) is 3.05. The molecule has 1 aromatic heterocycles. The second kappa shape index (κ2) is 5.87. The minimum atomic E-state index is 0.701. The number of hydrogen-bond acceptors (Lipinski definition) is 3. The Labute approximate surface area is 145 Å². The molecule has 4 nitrogen and oxygen atoms in total. The zero-order valence-corrected chi connectivity index (χ0v) is 14.3. The van der Waals surface area contributed by atoms with Crippen molar-refractivity contribution < 1.29 is 9.47 Å². The molecule has 0 N–H and O–H groups in total. The molecular weight excluding hydrogens is 324 g/mol. The van der Waals surface area contributed by atoms with E-state index >= 15 is 0 Å². The summed E-state index contributed by atoms with van der Waals surface area (Å²) in [5.41, 5.74) is 5.26. The molecular formula is C19H17ClN2O2. The van der Waals surface area contributed by atoms with Crippen molar-refractivity contribution in [2.45, 2.75) is 13.0 Å². The summed E-state index contributed by atoms with van der Waals surface area (Å²) in [6.45, 7) is 0.884. The van der Waals surface area contributed by atoms with Crippen LogP contribution >= 0.6 is 11.6 Å². The van der Waals surface area contributed by atoms with Gasteiger partial charge in [-0.3, -0.25) is 0 Å². The molecule has 0 bridgehead atoms. The van der Waals surface area contributed by atoms with Gasteiger partial charge in [0.2, 0.25) is 0 Å². The summed E-state index contributed by atoms with van der Waals surface area (Å²) in [5, 5.41) is 0.701. The van der Waals surface area contributed by atoms with E-state index in [1.807, 2.05) is 36.7 Å². The number of rotatable bonds is 3. The van der Waals surface area contributed by atoms with Gasteiger partial charge in [0.25, 0.3) is 0 Å². The fraction of sp³-hybridized carbons (Fsp3) is 0.211. The van der Waals surface area contributed by atoms with E-state index in [4.69, 9.17) is 21.1 Å². The van der Waals surface area contributed by atoms with Crippen LogP contribution in [0.5, 0.6) is 11.5 Å². The van der Waals surface area contributed by atoms with E-state index in [1.54, 1.807) is 14.2 Å². The molecule has 0 spiro atoms. The quantitative estimate of drug-likeness (QED) is 0.707. The monoisotopic (exact) mass is 340 g/mol. The van der Waals surface area contributed by atoms with Crippen LogP contribution < -0.4 is 9.47 Å². The van der Waals surface area contributed by atoms with Gasteiger partial charge in [-0.05, 0) is 30.2 Å². The number of benzene rings is 2. The summed E-state index contributed by atoms with van der Waals surface area (Å²) >= 11 is 6.40. The van der Waals surface area contributed by atoms with Crippen LogP contribution in [0.2, 0.25) is 5.02 Å². The van der Waals surface area contributed by atoms with Crippen molar-refractivity contribution in [3.05, 3.63) is 53.3 Å². The molecule has 24 heavy (non-hydrogen) atoms. The van der Waals surface area contributed by atoms with Crippen molar-refractivity contribution >= 4 is 11.6 Å². The number of fused-ring (bicyclic) bond motifs is 3. The van der Waals surface area contributed by atoms with Crippen LogP contribution in [-0.2, 0) is 13.0 Å². The van der Waals surface area contributed by atoms with Gasteiger partial charge >= 0.3 is 0 Å². The SMILES string of the molecule is COc1cc2c(cc1OC)-c1c(-c3ccccc3Cl)ncn1CC2. The zero-order chi connectivity index (χ0) is 16.7. The third-order valence-corrected chi connectivity index (χ3v) is 4.78. The molecule has 0 amide bonds. The van der Waals surface area contributed by atoms with Crippen molar-refractivity contribution in [3.63, 3.8) is 0 Å². The number of hydrogen-bond donors (Lipinski definition) is 0. The van der Waals surface area contributed by atoms with Gasteiger partial charge in [-0.15, -0.1) is 0 Å². The Morgan fingerprint density at radius 1 is 1.04 bits per heavy atom. The first-order chi connectivity index (χ1) is 11.7. The largest absolute Gasteiger partial charge is 0.493 e. The van der Waals surface area contributed by atoms with Crippen LogP contribution in [0.4, 0.5) is 0 Å². The Morgan fingerprint density at radius 3 is 2.54 bits per heavy atom. The lowest BCUT2D eigenvalue weighted by atomic mass is 9.94. The van der Waals surface area contributed by atoms with Crippen molar-refractivity contribution in [1.29, 1.82) is 0 Å². The molecule has 3 aromatic rings.